The lowest BCUT2D eigenvalue weighted by molar-refractivity contribution is 0.0687. The van der Waals surface area contributed by atoms with Crippen molar-refractivity contribution in [3.05, 3.63) is 47.1 Å². The smallest absolute Gasteiger partial charge is 0.356 e. The van der Waals surface area contributed by atoms with Crippen molar-refractivity contribution < 1.29 is 18.3 Å². The van der Waals surface area contributed by atoms with E-state index in [0.717, 1.165) is 16.9 Å². The molecule has 0 bridgehead atoms. The van der Waals surface area contributed by atoms with Gasteiger partial charge in [0.05, 0.1) is 5.51 Å². The van der Waals surface area contributed by atoms with Crippen LogP contribution in [0.5, 0.6) is 0 Å². The van der Waals surface area contributed by atoms with Gasteiger partial charge in [-0.3, -0.25) is 0 Å². The molecule has 0 fully saturated rings. The van der Waals surface area contributed by atoms with Crippen LogP contribution in [0.1, 0.15) is 23.0 Å². The first-order chi connectivity index (χ1) is 9.90. The Morgan fingerprint density at radius 3 is 2.67 bits per heavy atom. The highest BCUT2D eigenvalue weighted by Crippen LogP contribution is 2.20. The summed E-state index contributed by atoms with van der Waals surface area (Å²) in [5.41, 5.74) is 1.76. The number of carboxylic acid groups (broad SMARTS) is 1. The van der Waals surface area contributed by atoms with Gasteiger partial charge in [-0.15, -0.1) is 11.3 Å². The summed E-state index contributed by atoms with van der Waals surface area (Å²) in [6, 6.07) is 9.08. The van der Waals surface area contributed by atoms with E-state index >= 15 is 0 Å². The molecule has 2 N–H and O–H groups in total. The summed E-state index contributed by atoms with van der Waals surface area (Å²) in [6.45, 7) is 1.73. The van der Waals surface area contributed by atoms with Gasteiger partial charge in [0.25, 0.3) is 10.0 Å². The van der Waals surface area contributed by atoms with Crippen LogP contribution in [0.25, 0.3) is 0 Å². The van der Waals surface area contributed by atoms with Crippen molar-refractivity contribution in [2.24, 2.45) is 0 Å². The van der Waals surface area contributed by atoms with Gasteiger partial charge >= 0.3 is 5.97 Å². The predicted molar refractivity (Wildman–Crippen MR) is 79.0 cm³/mol. The van der Waals surface area contributed by atoms with E-state index in [2.05, 4.69) is 9.71 Å². The number of nitrogens with one attached hydrogen (secondary N) is 1. The third-order valence-electron chi connectivity index (χ3n) is 2.72. The van der Waals surface area contributed by atoms with Crippen LogP contribution in [-0.4, -0.2) is 30.5 Å². The molecule has 0 saturated heterocycles. The van der Waals surface area contributed by atoms with Gasteiger partial charge in [-0.25, -0.2) is 22.9 Å². The summed E-state index contributed by atoms with van der Waals surface area (Å²) in [5.74, 6) is -1.35. The molecule has 0 saturated carbocycles. The minimum Gasteiger partial charge on any atom is -0.476 e. The molecule has 21 heavy (non-hydrogen) atoms. The van der Waals surface area contributed by atoms with Gasteiger partial charge in [-0.1, -0.05) is 30.3 Å². The van der Waals surface area contributed by atoms with Crippen LogP contribution < -0.4 is 4.72 Å². The van der Waals surface area contributed by atoms with E-state index in [1.807, 2.05) is 30.3 Å². The summed E-state index contributed by atoms with van der Waals surface area (Å²) in [7, 11) is -3.89. The Balaban J connectivity index is 2.14. The van der Waals surface area contributed by atoms with Crippen LogP contribution in [0, 0.1) is 0 Å². The SMILES string of the molecule is CC(Cc1ccccc1)NS(=O)(=O)c1scnc1C(=O)O. The van der Waals surface area contributed by atoms with Crippen molar-refractivity contribution in [2.45, 2.75) is 23.6 Å². The molecule has 2 rings (SSSR count). The Hall–Kier alpha value is -1.77. The van der Waals surface area contributed by atoms with E-state index < -0.39 is 21.7 Å². The van der Waals surface area contributed by atoms with Crippen molar-refractivity contribution in [1.29, 1.82) is 0 Å². The van der Waals surface area contributed by atoms with Gasteiger partial charge in [0, 0.05) is 6.04 Å². The standard InChI is InChI=1S/C13H14N2O4S2/c1-9(7-10-5-3-2-4-6-10)15-21(18,19)13-11(12(16)17)14-8-20-13/h2-6,8-9,15H,7H2,1H3,(H,16,17). The van der Waals surface area contributed by atoms with Gasteiger partial charge in [0.15, 0.2) is 9.90 Å². The third kappa shape index (κ3) is 3.87. The molecule has 0 aliphatic heterocycles. The number of benzene rings is 1. The Kier molecular flexibility index (Phi) is 4.71. The zero-order valence-electron chi connectivity index (χ0n) is 11.2. The molecule has 1 unspecified atom stereocenters. The van der Waals surface area contributed by atoms with E-state index in [9.17, 15) is 13.2 Å². The topological polar surface area (TPSA) is 96.4 Å². The Bertz CT molecular complexity index is 726. The fraction of sp³-hybridized carbons (Fsp3) is 0.231. The number of hydrogen-bond acceptors (Lipinski definition) is 5. The highest BCUT2D eigenvalue weighted by Gasteiger charge is 2.26. The minimum atomic E-state index is -3.89. The number of aromatic nitrogens is 1. The third-order valence-corrected chi connectivity index (χ3v) is 5.68. The number of aromatic carboxylic acids is 1. The molecule has 112 valence electrons. The van der Waals surface area contributed by atoms with E-state index in [0.29, 0.717) is 6.42 Å². The monoisotopic (exact) mass is 326 g/mol. The second kappa shape index (κ2) is 6.33. The first-order valence-electron chi connectivity index (χ1n) is 6.13. The zero-order chi connectivity index (χ0) is 15.5. The molecule has 2 aromatic rings. The fourth-order valence-electron chi connectivity index (χ4n) is 1.90. The molecule has 0 radical (unpaired) electrons. The Morgan fingerprint density at radius 2 is 2.05 bits per heavy atom. The normalized spacial score (nSPS) is 13.0. The van der Waals surface area contributed by atoms with Gasteiger partial charge in [-0.2, -0.15) is 0 Å². The predicted octanol–water partition coefficient (Wildman–Crippen LogP) is 1.75. The first-order valence-corrected chi connectivity index (χ1v) is 8.49. The molecule has 1 atom stereocenters. The average molecular weight is 326 g/mol. The van der Waals surface area contributed by atoms with Gasteiger partial charge < -0.3 is 5.11 Å². The van der Waals surface area contributed by atoms with Crippen LogP contribution in [0.3, 0.4) is 0 Å². The molecular formula is C13H14N2O4S2. The van der Waals surface area contributed by atoms with Crippen molar-refractivity contribution in [3.8, 4) is 0 Å². The zero-order valence-corrected chi connectivity index (χ0v) is 12.8. The second-order valence-electron chi connectivity index (χ2n) is 4.51. The largest absolute Gasteiger partial charge is 0.476 e. The Labute approximate surface area is 126 Å². The van der Waals surface area contributed by atoms with Crippen LogP contribution >= 0.6 is 11.3 Å². The highest BCUT2D eigenvalue weighted by atomic mass is 32.2. The van der Waals surface area contributed by atoms with E-state index in [-0.39, 0.29) is 10.3 Å². The van der Waals surface area contributed by atoms with Crippen LogP contribution in [0.15, 0.2) is 40.1 Å². The van der Waals surface area contributed by atoms with Gasteiger partial charge in [0.2, 0.25) is 0 Å². The lowest BCUT2D eigenvalue weighted by atomic mass is 10.1. The maximum absolute atomic E-state index is 12.2. The van der Waals surface area contributed by atoms with Crippen molar-refractivity contribution in [1.82, 2.24) is 9.71 Å². The lowest BCUT2D eigenvalue weighted by Crippen LogP contribution is -2.34. The maximum Gasteiger partial charge on any atom is 0.356 e. The average Bonchev–Trinajstić information content (AvgIpc) is 2.89. The van der Waals surface area contributed by atoms with Gasteiger partial charge in [0.1, 0.15) is 0 Å². The second-order valence-corrected chi connectivity index (χ2v) is 7.27. The first kappa shape index (κ1) is 15.6. The summed E-state index contributed by atoms with van der Waals surface area (Å²) in [4.78, 5) is 14.5. The summed E-state index contributed by atoms with van der Waals surface area (Å²) >= 11 is 0.791. The molecule has 1 heterocycles. The highest BCUT2D eigenvalue weighted by molar-refractivity contribution is 7.91. The number of hydrogen-bond donors (Lipinski definition) is 2. The molecule has 1 aromatic carbocycles. The quantitative estimate of drug-likeness (QED) is 0.843. The summed E-state index contributed by atoms with van der Waals surface area (Å²) < 4.78 is 26.6. The molecular weight excluding hydrogens is 312 g/mol. The van der Waals surface area contributed by atoms with E-state index in [1.165, 1.54) is 5.51 Å². The number of carbonyl (C=O) groups is 1. The summed E-state index contributed by atoms with van der Waals surface area (Å²) in [6.07, 6.45) is 0.515. The van der Waals surface area contributed by atoms with E-state index in [1.54, 1.807) is 6.92 Å². The minimum absolute atomic E-state index is 0.269. The summed E-state index contributed by atoms with van der Waals surface area (Å²) in [5, 5.41) is 8.94. The van der Waals surface area contributed by atoms with E-state index in [4.69, 9.17) is 5.11 Å². The number of rotatable bonds is 6. The molecule has 6 nitrogen and oxygen atoms in total. The van der Waals surface area contributed by atoms with Crippen molar-refractivity contribution in [3.63, 3.8) is 0 Å². The molecule has 0 aliphatic carbocycles. The van der Waals surface area contributed by atoms with Crippen LogP contribution in [0.4, 0.5) is 0 Å². The van der Waals surface area contributed by atoms with Crippen LogP contribution in [0.2, 0.25) is 0 Å². The number of nitrogens with zero attached hydrogens (tertiary/aromatic N) is 1. The number of sulfonamides is 1. The van der Waals surface area contributed by atoms with Gasteiger partial charge in [-0.05, 0) is 18.9 Å². The van der Waals surface area contributed by atoms with Crippen LogP contribution in [-0.2, 0) is 16.4 Å². The molecule has 1 aromatic heterocycles. The molecule has 8 heteroatoms. The molecule has 0 spiro atoms. The fourth-order valence-corrected chi connectivity index (χ4v) is 4.30. The van der Waals surface area contributed by atoms with Crippen molar-refractivity contribution >= 4 is 27.3 Å². The molecule has 0 amide bonds. The maximum atomic E-state index is 12.2. The number of thiazole rings is 1. The number of carboxylic acids is 1. The Morgan fingerprint density at radius 1 is 1.38 bits per heavy atom. The molecule has 0 aliphatic rings. The van der Waals surface area contributed by atoms with Crippen molar-refractivity contribution in [2.75, 3.05) is 0 Å². The lowest BCUT2D eigenvalue weighted by Gasteiger charge is -2.13.